The van der Waals surface area contributed by atoms with Gasteiger partial charge in [0.1, 0.15) is 6.04 Å². The third-order valence-corrected chi connectivity index (χ3v) is 2.29. The van der Waals surface area contributed by atoms with Crippen LogP contribution in [0, 0.1) is 0 Å². The number of methoxy groups -OCH3 is 1. The van der Waals surface area contributed by atoms with Gasteiger partial charge in [-0.25, -0.2) is 0 Å². The number of hydrogen-bond donors (Lipinski definition) is 2. The third kappa shape index (κ3) is 4.21. The first-order chi connectivity index (χ1) is 8.54. The van der Waals surface area contributed by atoms with Crippen molar-refractivity contribution in [3.63, 3.8) is 0 Å². The Morgan fingerprint density at radius 2 is 2.11 bits per heavy atom. The summed E-state index contributed by atoms with van der Waals surface area (Å²) >= 11 is 0. The van der Waals surface area contributed by atoms with Crippen molar-refractivity contribution in [3.8, 4) is 0 Å². The lowest BCUT2D eigenvalue weighted by atomic mass is 10.2. The molecule has 0 fully saturated rings. The van der Waals surface area contributed by atoms with Crippen LogP contribution in [0.15, 0.2) is 22.8 Å². The molecule has 1 heterocycles. The minimum atomic E-state index is -0.637. The molecule has 1 aromatic heterocycles. The summed E-state index contributed by atoms with van der Waals surface area (Å²) in [5.41, 5.74) is 0. The monoisotopic (exact) mass is 254 g/mol. The van der Waals surface area contributed by atoms with Crippen molar-refractivity contribution >= 4 is 11.8 Å². The van der Waals surface area contributed by atoms with Gasteiger partial charge in [0.25, 0.3) is 5.91 Å². The number of hydrogen-bond acceptors (Lipinski definition) is 4. The molecule has 18 heavy (non-hydrogen) atoms. The fraction of sp³-hybridized carbons (Fsp3) is 0.500. The van der Waals surface area contributed by atoms with E-state index in [1.165, 1.54) is 12.3 Å². The van der Waals surface area contributed by atoms with E-state index in [0.717, 1.165) is 0 Å². The number of carbonyl (C=O) groups is 2. The van der Waals surface area contributed by atoms with Crippen LogP contribution >= 0.6 is 0 Å². The van der Waals surface area contributed by atoms with Crippen molar-refractivity contribution in [1.29, 1.82) is 0 Å². The molecule has 0 spiro atoms. The lowest BCUT2D eigenvalue weighted by molar-refractivity contribution is -0.123. The smallest absolute Gasteiger partial charge is 0.287 e. The third-order valence-electron chi connectivity index (χ3n) is 2.29. The first-order valence-electron chi connectivity index (χ1n) is 5.68. The maximum absolute atomic E-state index is 11.7. The van der Waals surface area contributed by atoms with Gasteiger partial charge in [-0.3, -0.25) is 9.59 Å². The quantitative estimate of drug-likeness (QED) is 0.776. The van der Waals surface area contributed by atoms with Gasteiger partial charge in [0.15, 0.2) is 5.76 Å². The van der Waals surface area contributed by atoms with E-state index in [0.29, 0.717) is 6.61 Å². The molecule has 0 saturated heterocycles. The second-order valence-corrected chi connectivity index (χ2v) is 4.04. The highest BCUT2D eigenvalue weighted by Gasteiger charge is 2.19. The van der Waals surface area contributed by atoms with Crippen molar-refractivity contribution < 1.29 is 18.7 Å². The molecule has 0 saturated carbocycles. The van der Waals surface area contributed by atoms with Crippen LogP contribution in [-0.4, -0.2) is 37.6 Å². The van der Waals surface area contributed by atoms with Crippen LogP contribution in [0.5, 0.6) is 0 Å². The Labute approximate surface area is 106 Å². The Morgan fingerprint density at radius 3 is 2.67 bits per heavy atom. The lowest BCUT2D eigenvalue weighted by Gasteiger charge is -2.17. The zero-order chi connectivity index (χ0) is 13.5. The van der Waals surface area contributed by atoms with Gasteiger partial charge in [-0.2, -0.15) is 0 Å². The van der Waals surface area contributed by atoms with Crippen LogP contribution in [0.1, 0.15) is 24.4 Å². The predicted octanol–water partition coefficient (Wildman–Crippen LogP) is 0.549. The Kier molecular flexibility index (Phi) is 5.38. The van der Waals surface area contributed by atoms with Gasteiger partial charge in [0, 0.05) is 13.2 Å². The highest BCUT2D eigenvalue weighted by molar-refractivity contribution is 5.95. The van der Waals surface area contributed by atoms with Crippen molar-refractivity contribution in [2.45, 2.75) is 25.9 Å². The van der Waals surface area contributed by atoms with Crippen LogP contribution in [0.2, 0.25) is 0 Å². The molecular weight excluding hydrogens is 236 g/mol. The second-order valence-electron chi connectivity index (χ2n) is 4.04. The highest BCUT2D eigenvalue weighted by Crippen LogP contribution is 2.00. The minimum absolute atomic E-state index is 0.106. The van der Waals surface area contributed by atoms with E-state index < -0.39 is 11.9 Å². The molecule has 0 radical (unpaired) electrons. The SMILES string of the molecule is COC[C@H](C)NC(=O)[C@H](C)NC(=O)c1ccco1. The van der Waals surface area contributed by atoms with Gasteiger partial charge in [-0.05, 0) is 26.0 Å². The summed E-state index contributed by atoms with van der Waals surface area (Å²) in [7, 11) is 1.56. The maximum atomic E-state index is 11.7. The average Bonchev–Trinajstić information content (AvgIpc) is 2.82. The van der Waals surface area contributed by atoms with Gasteiger partial charge in [0.05, 0.1) is 12.9 Å². The fourth-order valence-corrected chi connectivity index (χ4v) is 1.40. The van der Waals surface area contributed by atoms with E-state index in [1.807, 2.05) is 6.92 Å². The predicted molar refractivity (Wildman–Crippen MR) is 65.1 cm³/mol. The molecule has 2 amide bonds. The molecule has 2 atom stereocenters. The van der Waals surface area contributed by atoms with E-state index in [1.54, 1.807) is 20.1 Å². The largest absolute Gasteiger partial charge is 0.459 e. The summed E-state index contributed by atoms with van der Waals surface area (Å²) < 4.78 is 9.84. The molecule has 0 aliphatic carbocycles. The number of nitrogens with one attached hydrogen (secondary N) is 2. The van der Waals surface area contributed by atoms with Gasteiger partial charge >= 0.3 is 0 Å². The zero-order valence-corrected chi connectivity index (χ0v) is 10.7. The molecule has 0 unspecified atom stereocenters. The first kappa shape index (κ1) is 14.2. The lowest BCUT2D eigenvalue weighted by Crippen LogP contribution is -2.48. The summed E-state index contributed by atoms with van der Waals surface area (Å²) in [5.74, 6) is -0.499. The number of ether oxygens (including phenoxy) is 1. The average molecular weight is 254 g/mol. The summed E-state index contributed by atoms with van der Waals surface area (Å²) in [6, 6.07) is 2.40. The number of furan rings is 1. The van der Waals surface area contributed by atoms with E-state index in [4.69, 9.17) is 9.15 Å². The molecule has 2 N–H and O–H groups in total. The molecule has 6 heteroatoms. The van der Waals surface area contributed by atoms with Crippen LogP contribution in [0.4, 0.5) is 0 Å². The van der Waals surface area contributed by atoms with Crippen molar-refractivity contribution in [2.75, 3.05) is 13.7 Å². The van der Waals surface area contributed by atoms with Crippen molar-refractivity contribution in [2.24, 2.45) is 0 Å². The van der Waals surface area contributed by atoms with Gasteiger partial charge in [-0.15, -0.1) is 0 Å². The molecule has 6 nitrogen and oxygen atoms in total. The Bertz CT molecular complexity index is 389. The Balaban J connectivity index is 2.42. The molecule has 0 aliphatic rings. The zero-order valence-electron chi connectivity index (χ0n) is 10.7. The van der Waals surface area contributed by atoms with E-state index in [9.17, 15) is 9.59 Å². The topological polar surface area (TPSA) is 80.6 Å². The van der Waals surface area contributed by atoms with Gasteiger partial charge < -0.3 is 19.8 Å². The summed E-state index contributed by atoms with van der Waals surface area (Å²) in [4.78, 5) is 23.3. The number of carbonyl (C=O) groups excluding carboxylic acids is 2. The summed E-state index contributed by atoms with van der Waals surface area (Å²) in [6.45, 7) is 3.85. The Hall–Kier alpha value is -1.82. The standard InChI is InChI=1S/C12H18N2O4/c1-8(7-17-3)13-11(15)9(2)14-12(16)10-5-4-6-18-10/h4-6,8-9H,7H2,1-3H3,(H,13,15)(H,14,16)/t8-,9-/m0/s1. The molecule has 1 rings (SSSR count). The maximum Gasteiger partial charge on any atom is 0.287 e. The molecule has 1 aromatic rings. The van der Waals surface area contributed by atoms with Gasteiger partial charge in [-0.1, -0.05) is 0 Å². The van der Waals surface area contributed by atoms with E-state index >= 15 is 0 Å². The van der Waals surface area contributed by atoms with E-state index in [2.05, 4.69) is 10.6 Å². The van der Waals surface area contributed by atoms with Crippen molar-refractivity contribution in [3.05, 3.63) is 24.2 Å². The summed E-state index contributed by atoms with van der Waals surface area (Å²) in [5, 5.41) is 5.27. The van der Waals surface area contributed by atoms with Crippen molar-refractivity contribution in [1.82, 2.24) is 10.6 Å². The second kappa shape index (κ2) is 6.80. The van der Waals surface area contributed by atoms with E-state index in [-0.39, 0.29) is 17.7 Å². The van der Waals surface area contributed by atoms with Crippen LogP contribution < -0.4 is 10.6 Å². The highest BCUT2D eigenvalue weighted by atomic mass is 16.5. The molecule has 0 bridgehead atoms. The minimum Gasteiger partial charge on any atom is -0.459 e. The molecule has 0 aromatic carbocycles. The molecular formula is C12H18N2O4. The molecule has 100 valence electrons. The number of rotatable bonds is 6. The fourth-order valence-electron chi connectivity index (χ4n) is 1.40. The first-order valence-corrected chi connectivity index (χ1v) is 5.68. The molecule has 0 aliphatic heterocycles. The normalized spacial score (nSPS) is 13.7. The summed E-state index contributed by atoms with van der Waals surface area (Å²) in [6.07, 6.45) is 1.40. The van der Waals surface area contributed by atoms with Gasteiger partial charge in [0.2, 0.25) is 5.91 Å². The van der Waals surface area contributed by atoms with Crippen LogP contribution in [0.3, 0.4) is 0 Å². The number of amides is 2. The van der Waals surface area contributed by atoms with Crippen LogP contribution in [0.25, 0.3) is 0 Å². The Morgan fingerprint density at radius 1 is 1.39 bits per heavy atom. The van der Waals surface area contributed by atoms with Crippen LogP contribution in [-0.2, 0) is 9.53 Å².